The Labute approximate surface area is 105 Å². The van der Waals surface area contributed by atoms with Crippen LogP contribution in [0.4, 0.5) is 11.5 Å². The number of fused-ring (bicyclic) bond motifs is 1. The van der Waals surface area contributed by atoms with Crippen LogP contribution < -0.4 is 10.2 Å². The van der Waals surface area contributed by atoms with Gasteiger partial charge in [-0.05, 0) is 19.1 Å². The number of carbonyl (C=O) groups is 1. The van der Waals surface area contributed by atoms with E-state index in [4.69, 9.17) is 16.3 Å². The highest BCUT2D eigenvalue weighted by molar-refractivity contribution is 6.29. The molecule has 1 unspecified atom stereocenters. The number of carbonyl (C=O) groups excluding carboxylic acids is 1. The molecule has 0 aliphatic carbocycles. The number of ether oxygens (including phenoxy) is 1. The maximum Gasteiger partial charge on any atom is 0.246 e. The molecule has 1 aliphatic heterocycles. The Bertz CT molecular complexity index is 439. The van der Waals surface area contributed by atoms with Crippen LogP contribution in [0.1, 0.15) is 6.92 Å². The van der Waals surface area contributed by atoms with Gasteiger partial charge in [-0.25, -0.2) is 4.98 Å². The van der Waals surface area contributed by atoms with Crippen LogP contribution in [0.2, 0.25) is 5.15 Å². The molecule has 1 aromatic rings. The number of anilines is 2. The second-order valence-corrected chi connectivity index (χ2v) is 4.24. The number of pyridine rings is 1. The lowest BCUT2D eigenvalue weighted by Gasteiger charge is -2.34. The van der Waals surface area contributed by atoms with Crippen molar-refractivity contribution in [3.63, 3.8) is 0 Å². The lowest BCUT2D eigenvalue weighted by Crippen LogP contribution is -2.48. The molecule has 1 aliphatic rings. The summed E-state index contributed by atoms with van der Waals surface area (Å²) in [6.45, 7) is 2.97. The molecule has 1 N–H and O–H groups in total. The van der Waals surface area contributed by atoms with Gasteiger partial charge < -0.3 is 15.0 Å². The molecule has 2 heterocycles. The summed E-state index contributed by atoms with van der Waals surface area (Å²) in [5.74, 6) is 0.652. The van der Waals surface area contributed by atoms with Crippen molar-refractivity contribution < 1.29 is 9.53 Å². The molecule has 6 heteroatoms. The predicted octanol–water partition coefficient (Wildman–Crippen LogP) is 1.53. The Hall–Kier alpha value is -1.33. The zero-order valence-electron chi connectivity index (χ0n) is 9.74. The van der Waals surface area contributed by atoms with Gasteiger partial charge in [0.15, 0.2) is 5.82 Å². The molecule has 0 saturated heterocycles. The van der Waals surface area contributed by atoms with E-state index in [0.717, 1.165) is 0 Å². The molecule has 0 radical (unpaired) electrons. The van der Waals surface area contributed by atoms with E-state index in [2.05, 4.69) is 10.3 Å². The largest absolute Gasteiger partial charge is 0.383 e. The van der Waals surface area contributed by atoms with Gasteiger partial charge in [-0.1, -0.05) is 11.6 Å². The van der Waals surface area contributed by atoms with Gasteiger partial charge in [0.05, 0.1) is 12.3 Å². The number of amides is 1. The van der Waals surface area contributed by atoms with Crippen molar-refractivity contribution in [3.8, 4) is 0 Å². The molecule has 1 aromatic heterocycles. The minimum absolute atomic E-state index is 0.0438. The Kier molecular flexibility index (Phi) is 3.49. The molecule has 0 fully saturated rings. The Balaban J connectivity index is 2.36. The van der Waals surface area contributed by atoms with Crippen molar-refractivity contribution in [2.24, 2.45) is 0 Å². The van der Waals surface area contributed by atoms with Crippen LogP contribution >= 0.6 is 11.6 Å². The van der Waals surface area contributed by atoms with E-state index in [-0.39, 0.29) is 11.9 Å². The third-order valence-corrected chi connectivity index (χ3v) is 2.96. The van der Waals surface area contributed by atoms with E-state index >= 15 is 0 Å². The van der Waals surface area contributed by atoms with Crippen molar-refractivity contribution in [1.29, 1.82) is 0 Å². The number of aromatic nitrogens is 1. The number of rotatable bonds is 3. The Morgan fingerprint density at radius 3 is 3.06 bits per heavy atom. The van der Waals surface area contributed by atoms with Crippen molar-refractivity contribution >= 4 is 29.0 Å². The van der Waals surface area contributed by atoms with Crippen LogP contribution in [0.15, 0.2) is 12.1 Å². The number of hydrogen-bond acceptors (Lipinski definition) is 4. The summed E-state index contributed by atoms with van der Waals surface area (Å²) in [4.78, 5) is 17.9. The number of hydrogen-bond donors (Lipinski definition) is 1. The van der Waals surface area contributed by atoms with E-state index in [1.807, 2.05) is 11.8 Å². The number of methoxy groups -OCH3 is 1. The van der Waals surface area contributed by atoms with Crippen LogP contribution in [-0.4, -0.2) is 37.2 Å². The second-order valence-electron chi connectivity index (χ2n) is 3.86. The summed E-state index contributed by atoms with van der Waals surface area (Å²) in [5, 5.41) is 3.21. The molecule has 17 heavy (non-hydrogen) atoms. The maximum atomic E-state index is 11.8. The van der Waals surface area contributed by atoms with Gasteiger partial charge >= 0.3 is 0 Å². The average molecular weight is 256 g/mol. The standard InChI is InChI=1S/C11H14ClN3O2/c1-7-11(16)13-8-3-4-9(12)14-10(8)15(7)5-6-17-2/h3-4,7H,5-6H2,1-2H3,(H,13,16). The van der Waals surface area contributed by atoms with Crippen molar-refractivity contribution in [2.45, 2.75) is 13.0 Å². The molecule has 1 amide bonds. The first kappa shape index (κ1) is 12.1. The van der Waals surface area contributed by atoms with E-state index in [0.29, 0.717) is 29.8 Å². The highest BCUT2D eigenvalue weighted by atomic mass is 35.5. The maximum absolute atomic E-state index is 11.8. The highest BCUT2D eigenvalue weighted by Gasteiger charge is 2.30. The van der Waals surface area contributed by atoms with Crippen molar-refractivity contribution in [1.82, 2.24) is 4.98 Å². The topological polar surface area (TPSA) is 54.5 Å². The van der Waals surface area contributed by atoms with Gasteiger partial charge in [0, 0.05) is 13.7 Å². The van der Waals surface area contributed by atoms with Crippen LogP contribution in [0.3, 0.4) is 0 Å². The lowest BCUT2D eigenvalue weighted by atomic mass is 10.2. The van der Waals surface area contributed by atoms with Crippen LogP contribution in [0.25, 0.3) is 0 Å². The van der Waals surface area contributed by atoms with Gasteiger partial charge in [-0.2, -0.15) is 0 Å². The van der Waals surface area contributed by atoms with Gasteiger partial charge in [-0.3, -0.25) is 4.79 Å². The highest BCUT2D eigenvalue weighted by Crippen LogP contribution is 2.30. The quantitative estimate of drug-likeness (QED) is 0.833. The lowest BCUT2D eigenvalue weighted by molar-refractivity contribution is -0.117. The summed E-state index contributed by atoms with van der Waals surface area (Å²) in [5.41, 5.74) is 0.689. The second kappa shape index (κ2) is 4.89. The van der Waals surface area contributed by atoms with Crippen molar-refractivity contribution in [2.75, 3.05) is 30.5 Å². The molecule has 92 valence electrons. The zero-order chi connectivity index (χ0) is 12.4. The summed E-state index contributed by atoms with van der Waals surface area (Å²) >= 11 is 5.88. The van der Waals surface area contributed by atoms with Gasteiger partial charge in [0.1, 0.15) is 11.2 Å². The summed E-state index contributed by atoms with van der Waals surface area (Å²) in [6, 6.07) is 3.14. The molecular weight excluding hydrogens is 242 g/mol. The molecule has 0 saturated carbocycles. The van der Waals surface area contributed by atoms with Crippen LogP contribution in [0, 0.1) is 0 Å². The minimum Gasteiger partial charge on any atom is -0.383 e. The first-order valence-corrected chi connectivity index (χ1v) is 5.74. The van der Waals surface area contributed by atoms with E-state index < -0.39 is 0 Å². The third kappa shape index (κ3) is 2.35. The van der Waals surface area contributed by atoms with E-state index in [1.54, 1.807) is 19.2 Å². The first-order valence-electron chi connectivity index (χ1n) is 5.36. The van der Waals surface area contributed by atoms with Crippen LogP contribution in [-0.2, 0) is 9.53 Å². The van der Waals surface area contributed by atoms with Crippen LogP contribution in [0.5, 0.6) is 0 Å². The fraction of sp³-hybridized carbons (Fsp3) is 0.455. The molecule has 0 spiro atoms. The molecule has 0 aromatic carbocycles. The van der Waals surface area contributed by atoms with Gasteiger partial charge in [0.2, 0.25) is 5.91 Å². The summed E-state index contributed by atoms with van der Waals surface area (Å²) in [7, 11) is 1.63. The number of nitrogens with zero attached hydrogens (tertiary/aromatic N) is 2. The van der Waals surface area contributed by atoms with E-state index in [1.165, 1.54) is 0 Å². The number of nitrogens with one attached hydrogen (secondary N) is 1. The normalized spacial score (nSPS) is 18.9. The predicted molar refractivity (Wildman–Crippen MR) is 66.6 cm³/mol. The SMILES string of the molecule is COCCN1c2nc(Cl)ccc2NC(=O)C1C. The van der Waals surface area contributed by atoms with Gasteiger partial charge in [-0.15, -0.1) is 0 Å². The smallest absolute Gasteiger partial charge is 0.246 e. The minimum atomic E-state index is -0.274. The summed E-state index contributed by atoms with van der Waals surface area (Å²) < 4.78 is 5.04. The fourth-order valence-corrected chi connectivity index (χ4v) is 1.94. The monoisotopic (exact) mass is 255 g/mol. The van der Waals surface area contributed by atoms with Crippen molar-refractivity contribution in [3.05, 3.63) is 17.3 Å². The zero-order valence-corrected chi connectivity index (χ0v) is 10.5. The fourth-order valence-electron chi connectivity index (χ4n) is 1.79. The molecule has 2 rings (SSSR count). The molecular formula is C11H14ClN3O2. The third-order valence-electron chi connectivity index (χ3n) is 2.75. The summed E-state index contributed by atoms with van der Waals surface area (Å²) in [6.07, 6.45) is 0. The van der Waals surface area contributed by atoms with E-state index in [9.17, 15) is 4.79 Å². The Morgan fingerprint density at radius 1 is 1.59 bits per heavy atom. The number of halogens is 1. The molecule has 0 bridgehead atoms. The Morgan fingerprint density at radius 2 is 2.35 bits per heavy atom. The molecule has 5 nitrogen and oxygen atoms in total. The molecule has 1 atom stereocenters. The average Bonchev–Trinajstić information content (AvgIpc) is 2.31. The first-order chi connectivity index (χ1) is 8.13. The van der Waals surface area contributed by atoms with Gasteiger partial charge in [0.25, 0.3) is 0 Å².